The maximum atomic E-state index is 12.6. The van der Waals surface area contributed by atoms with Crippen LogP contribution in [0.2, 0.25) is 0 Å². The van der Waals surface area contributed by atoms with Gasteiger partial charge in [0.1, 0.15) is 5.75 Å². The second kappa shape index (κ2) is 9.38. The Balaban J connectivity index is 1.59. The molecule has 5 nitrogen and oxygen atoms in total. The van der Waals surface area contributed by atoms with E-state index in [9.17, 15) is 9.90 Å². The molecule has 1 aliphatic carbocycles. The summed E-state index contributed by atoms with van der Waals surface area (Å²) in [4.78, 5) is 15.0. The highest BCUT2D eigenvalue weighted by molar-refractivity contribution is 5.94. The lowest BCUT2D eigenvalue weighted by atomic mass is 9.89. The molecule has 1 amide bonds. The zero-order valence-electron chi connectivity index (χ0n) is 15.8. The normalized spacial score (nSPS) is 25.5. The Bertz CT molecular complexity index is 569. The lowest BCUT2D eigenvalue weighted by Crippen LogP contribution is -2.49. The summed E-state index contributed by atoms with van der Waals surface area (Å²) in [7, 11) is 1.61. The van der Waals surface area contributed by atoms with Gasteiger partial charge in [-0.25, -0.2) is 0 Å². The minimum absolute atomic E-state index is 0.129. The predicted molar refractivity (Wildman–Crippen MR) is 103 cm³/mol. The van der Waals surface area contributed by atoms with Gasteiger partial charge in [-0.1, -0.05) is 19.3 Å². The van der Waals surface area contributed by atoms with Gasteiger partial charge in [-0.05, 0) is 62.4 Å². The quantitative estimate of drug-likeness (QED) is 0.848. The van der Waals surface area contributed by atoms with E-state index in [1.54, 1.807) is 31.4 Å². The van der Waals surface area contributed by atoms with Crippen molar-refractivity contribution in [1.29, 1.82) is 0 Å². The van der Waals surface area contributed by atoms with Crippen LogP contribution in [0.4, 0.5) is 0 Å². The van der Waals surface area contributed by atoms with E-state index in [0.29, 0.717) is 5.56 Å². The molecule has 1 saturated carbocycles. The van der Waals surface area contributed by atoms with Gasteiger partial charge in [-0.2, -0.15) is 0 Å². The molecule has 3 rings (SSSR count). The number of carbonyl (C=O) groups excluding carboxylic acids is 1. The number of hydrogen-bond donors (Lipinski definition) is 2. The number of likely N-dealkylation sites (tertiary alicyclic amines) is 1. The van der Waals surface area contributed by atoms with Crippen LogP contribution < -0.4 is 10.1 Å². The molecule has 1 aromatic carbocycles. The first-order valence-corrected chi connectivity index (χ1v) is 10.0. The molecule has 2 atom stereocenters. The number of hydrogen-bond acceptors (Lipinski definition) is 4. The number of aliphatic hydroxyl groups is 1. The Morgan fingerprint density at radius 1 is 1.15 bits per heavy atom. The first-order chi connectivity index (χ1) is 12.7. The molecule has 0 radical (unpaired) electrons. The summed E-state index contributed by atoms with van der Waals surface area (Å²) >= 11 is 0. The molecule has 1 saturated heterocycles. The first-order valence-electron chi connectivity index (χ1n) is 10.0. The van der Waals surface area contributed by atoms with E-state index in [4.69, 9.17) is 4.74 Å². The maximum absolute atomic E-state index is 12.6. The highest BCUT2D eigenvalue weighted by Crippen LogP contribution is 2.25. The number of carbonyl (C=O) groups is 1. The Kier molecular flexibility index (Phi) is 6.92. The Morgan fingerprint density at radius 3 is 2.58 bits per heavy atom. The van der Waals surface area contributed by atoms with Crippen molar-refractivity contribution in [2.45, 2.75) is 57.1 Å². The largest absolute Gasteiger partial charge is 0.497 e. The van der Waals surface area contributed by atoms with Crippen LogP contribution >= 0.6 is 0 Å². The molecule has 2 fully saturated rings. The van der Waals surface area contributed by atoms with E-state index in [0.717, 1.165) is 44.1 Å². The molecule has 2 aliphatic rings. The van der Waals surface area contributed by atoms with Crippen LogP contribution in [0.3, 0.4) is 0 Å². The van der Waals surface area contributed by atoms with Gasteiger partial charge in [0, 0.05) is 18.7 Å². The summed E-state index contributed by atoms with van der Waals surface area (Å²) in [6.07, 6.45) is 7.96. The van der Waals surface area contributed by atoms with Gasteiger partial charge in [0.2, 0.25) is 0 Å². The van der Waals surface area contributed by atoms with Crippen molar-refractivity contribution in [1.82, 2.24) is 10.2 Å². The predicted octanol–water partition coefficient (Wildman–Crippen LogP) is 2.83. The van der Waals surface area contributed by atoms with Crippen molar-refractivity contribution in [2.75, 3.05) is 26.7 Å². The third-order valence-corrected chi connectivity index (χ3v) is 5.80. The fourth-order valence-corrected chi connectivity index (χ4v) is 4.25. The summed E-state index contributed by atoms with van der Waals surface area (Å²) in [5.74, 6) is 1.38. The minimum atomic E-state index is -0.478. The lowest BCUT2D eigenvalue weighted by Gasteiger charge is -2.31. The molecule has 0 aromatic heterocycles. The van der Waals surface area contributed by atoms with Crippen LogP contribution in [0.5, 0.6) is 5.75 Å². The van der Waals surface area contributed by atoms with Gasteiger partial charge < -0.3 is 20.1 Å². The van der Waals surface area contributed by atoms with Crippen LogP contribution in [0.1, 0.15) is 55.3 Å². The number of amides is 1. The number of nitrogens with one attached hydrogen (secondary N) is 1. The summed E-state index contributed by atoms with van der Waals surface area (Å²) in [6.45, 7) is 2.85. The third kappa shape index (κ3) is 5.21. The molecule has 1 heterocycles. The molecule has 2 N–H and O–H groups in total. The van der Waals surface area contributed by atoms with Crippen LogP contribution in [-0.2, 0) is 0 Å². The van der Waals surface area contributed by atoms with Crippen LogP contribution in [0, 0.1) is 5.92 Å². The summed E-state index contributed by atoms with van der Waals surface area (Å²) in [6, 6.07) is 6.88. The first kappa shape index (κ1) is 19.2. The Hall–Kier alpha value is -1.59. The molecule has 144 valence electrons. The molecular formula is C21H32N2O3. The van der Waals surface area contributed by atoms with E-state index in [1.807, 2.05) is 0 Å². The molecule has 0 unspecified atom stereocenters. The number of rotatable bonds is 5. The summed E-state index contributed by atoms with van der Waals surface area (Å²) in [5.41, 5.74) is 0.598. The van der Waals surface area contributed by atoms with Gasteiger partial charge in [-0.3, -0.25) is 4.79 Å². The zero-order chi connectivity index (χ0) is 18.4. The van der Waals surface area contributed by atoms with Crippen molar-refractivity contribution < 1.29 is 14.6 Å². The molecule has 5 heteroatoms. The lowest BCUT2D eigenvalue weighted by molar-refractivity contribution is 0.0789. The van der Waals surface area contributed by atoms with Gasteiger partial charge in [0.25, 0.3) is 5.91 Å². The average Bonchev–Trinajstić information content (AvgIpc) is 2.84. The summed E-state index contributed by atoms with van der Waals surface area (Å²) < 4.78 is 5.14. The number of nitrogens with zero attached hydrogens (tertiary/aromatic N) is 1. The monoisotopic (exact) mass is 360 g/mol. The number of benzene rings is 1. The zero-order valence-corrected chi connectivity index (χ0v) is 15.8. The van der Waals surface area contributed by atoms with E-state index in [-0.39, 0.29) is 11.9 Å². The molecule has 0 bridgehead atoms. The smallest absolute Gasteiger partial charge is 0.251 e. The van der Waals surface area contributed by atoms with Gasteiger partial charge in [-0.15, -0.1) is 0 Å². The van der Waals surface area contributed by atoms with Crippen molar-refractivity contribution in [3.8, 4) is 5.75 Å². The molecule has 0 spiro atoms. The van der Waals surface area contributed by atoms with Crippen molar-refractivity contribution in [3.05, 3.63) is 29.8 Å². The Morgan fingerprint density at radius 2 is 1.88 bits per heavy atom. The topological polar surface area (TPSA) is 61.8 Å². The standard InChI is InChI=1S/C21H32N2O3/c1-26-18-11-9-17(10-12-18)21(25)22-19-15-23(13-5-8-20(19)24)14-16-6-3-2-4-7-16/h9-12,16,19-20,24H,2-8,13-15H2,1H3,(H,22,25)/t19-,20-/m1/s1. The molecule has 1 aliphatic heterocycles. The second-order valence-corrected chi connectivity index (χ2v) is 7.78. The van der Waals surface area contributed by atoms with E-state index >= 15 is 0 Å². The van der Waals surface area contributed by atoms with Crippen molar-refractivity contribution >= 4 is 5.91 Å². The van der Waals surface area contributed by atoms with Gasteiger partial charge in [0.05, 0.1) is 19.3 Å². The SMILES string of the molecule is COc1ccc(C(=O)N[C@@H]2CN(CC3CCCCC3)CCC[C@H]2O)cc1. The average molecular weight is 360 g/mol. The fraction of sp³-hybridized carbons (Fsp3) is 0.667. The highest BCUT2D eigenvalue weighted by atomic mass is 16.5. The van der Waals surface area contributed by atoms with Crippen LogP contribution in [0.25, 0.3) is 0 Å². The van der Waals surface area contributed by atoms with Gasteiger partial charge in [0.15, 0.2) is 0 Å². The highest BCUT2D eigenvalue weighted by Gasteiger charge is 2.28. The molecule has 1 aromatic rings. The van der Waals surface area contributed by atoms with Crippen LogP contribution in [0.15, 0.2) is 24.3 Å². The molecular weight excluding hydrogens is 328 g/mol. The van der Waals surface area contributed by atoms with Crippen molar-refractivity contribution in [2.24, 2.45) is 5.92 Å². The molecule has 26 heavy (non-hydrogen) atoms. The van der Waals surface area contributed by atoms with Crippen LogP contribution in [-0.4, -0.2) is 54.8 Å². The van der Waals surface area contributed by atoms with E-state index in [1.165, 1.54) is 32.1 Å². The maximum Gasteiger partial charge on any atom is 0.251 e. The third-order valence-electron chi connectivity index (χ3n) is 5.80. The van der Waals surface area contributed by atoms with Gasteiger partial charge >= 0.3 is 0 Å². The minimum Gasteiger partial charge on any atom is -0.497 e. The number of methoxy groups -OCH3 is 1. The van der Waals surface area contributed by atoms with E-state index < -0.39 is 6.10 Å². The van der Waals surface area contributed by atoms with Crippen molar-refractivity contribution in [3.63, 3.8) is 0 Å². The Labute approximate surface area is 156 Å². The number of ether oxygens (including phenoxy) is 1. The fourth-order valence-electron chi connectivity index (χ4n) is 4.25. The number of aliphatic hydroxyl groups excluding tert-OH is 1. The second-order valence-electron chi connectivity index (χ2n) is 7.78. The van der Waals surface area contributed by atoms with E-state index in [2.05, 4.69) is 10.2 Å². The summed E-state index contributed by atoms with van der Waals surface area (Å²) in [5, 5.41) is 13.5.